The van der Waals surface area contributed by atoms with Crippen molar-refractivity contribution in [1.29, 1.82) is 0 Å². The first-order chi connectivity index (χ1) is 15.5. The average Bonchev–Trinajstić information content (AvgIpc) is 2.79. The molecule has 1 fully saturated rings. The van der Waals surface area contributed by atoms with Crippen LogP contribution >= 0.6 is 0 Å². The van der Waals surface area contributed by atoms with E-state index in [0.29, 0.717) is 44.7 Å². The van der Waals surface area contributed by atoms with Gasteiger partial charge < -0.3 is 19.7 Å². The van der Waals surface area contributed by atoms with Crippen molar-refractivity contribution in [3.8, 4) is 11.5 Å². The third-order valence-corrected chi connectivity index (χ3v) is 5.80. The maximum atomic E-state index is 12.5. The van der Waals surface area contributed by atoms with Gasteiger partial charge in [-0.1, -0.05) is 18.2 Å². The van der Waals surface area contributed by atoms with Crippen LogP contribution < -0.4 is 14.8 Å². The van der Waals surface area contributed by atoms with E-state index in [1.165, 1.54) is 0 Å². The number of likely N-dealkylation sites (tertiary alicyclic amines) is 1. The molecule has 1 aliphatic rings. The Balaban J connectivity index is 1.36. The molecule has 0 saturated carbocycles. The summed E-state index contributed by atoms with van der Waals surface area (Å²) in [4.78, 5) is 26.9. The van der Waals surface area contributed by atoms with Crippen LogP contribution in [0.4, 0.5) is 0 Å². The molecule has 0 aromatic heterocycles. The molecule has 0 atom stereocenters. The number of nitrogens with one attached hydrogen (secondary N) is 1. The molecule has 1 heterocycles. The van der Waals surface area contributed by atoms with E-state index in [9.17, 15) is 9.59 Å². The Labute approximate surface area is 190 Å². The lowest BCUT2D eigenvalue weighted by atomic mass is 10.0. The monoisotopic (exact) mass is 438 g/mol. The molecule has 1 saturated heterocycles. The van der Waals surface area contributed by atoms with Crippen LogP contribution in [-0.2, 0) is 4.79 Å². The molecule has 2 aromatic carbocycles. The van der Waals surface area contributed by atoms with E-state index >= 15 is 0 Å². The van der Waals surface area contributed by atoms with E-state index in [2.05, 4.69) is 5.32 Å². The van der Waals surface area contributed by atoms with Gasteiger partial charge in [0, 0.05) is 31.1 Å². The first-order valence-corrected chi connectivity index (χ1v) is 11.5. The summed E-state index contributed by atoms with van der Waals surface area (Å²) in [5.74, 6) is 1.76. The number of hydrogen-bond acceptors (Lipinski definition) is 4. The molecule has 0 bridgehead atoms. The van der Waals surface area contributed by atoms with Crippen molar-refractivity contribution in [2.24, 2.45) is 0 Å². The first kappa shape index (κ1) is 23.6. The second-order valence-corrected chi connectivity index (χ2v) is 8.26. The molecular weight excluding hydrogens is 404 g/mol. The fourth-order valence-electron chi connectivity index (χ4n) is 3.99. The number of hydrogen-bond donors (Lipinski definition) is 1. The number of para-hydroxylation sites is 1. The summed E-state index contributed by atoms with van der Waals surface area (Å²) in [7, 11) is 0. The van der Waals surface area contributed by atoms with Gasteiger partial charge in [0.05, 0.1) is 13.2 Å². The van der Waals surface area contributed by atoms with Crippen molar-refractivity contribution < 1.29 is 19.1 Å². The van der Waals surface area contributed by atoms with Crippen LogP contribution in [0.3, 0.4) is 0 Å². The molecule has 0 radical (unpaired) electrons. The number of aryl methyl sites for hydroxylation is 2. The molecule has 0 unspecified atom stereocenters. The van der Waals surface area contributed by atoms with Crippen molar-refractivity contribution in [3.63, 3.8) is 0 Å². The van der Waals surface area contributed by atoms with Gasteiger partial charge in [0.2, 0.25) is 5.91 Å². The number of rotatable bonds is 9. The molecule has 0 aliphatic carbocycles. The van der Waals surface area contributed by atoms with Crippen LogP contribution in [0.1, 0.15) is 54.1 Å². The van der Waals surface area contributed by atoms with Crippen LogP contribution in [0.5, 0.6) is 11.5 Å². The summed E-state index contributed by atoms with van der Waals surface area (Å²) in [6.07, 6.45) is 2.72. The average molecular weight is 439 g/mol. The fourth-order valence-corrected chi connectivity index (χ4v) is 3.99. The van der Waals surface area contributed by atoms with Crippen molar-refractivity contribution in [2.75, 3.05) is 26.3 Å². The Bertz CT molecular complexity index is 882. The lowest BCUT2D eigenvalue weighted by Crippen LogP contribution is -2.46. The zero-order valence-electron chi connectivity index (χ0n) is 19.4. The zero-order chi connectivity index (χ0) is 22.9. The summed E-state index contributed by atoms with van der Waals surface area (Å²) in [6.45, 7) is 8.47. The van der Waals surface area contributed by atoms with Gasteiger partial charge in [-0.2, -0.15) is 0 Å². The Hall–Kier alpha value is -3.02. The molecule has 172 valence electrons. The highest BCUT2D eigenvalue weighted by atomic mass is 16.5. The smallest absolute Gasteiger partial charge is 0.251 e. The van der Waals surface area contributed by atoms with Gasteiger partial charge in [-0.25, -0.2) is 0 Å². The van der Waals surface area contributed by atoms with Crippen LogP contribution in [-0.4, -0.2) is 49.1 Å². The standard InChI is InChI=1S/C26H34N2O4/c1-4-31-23-12-10-21(11-13-23)26(30)27-22-14-16-28(17-15-22)24(29)9-6-18-32-25-19(2)7-5-8-20(25)3/h5,7-8,10-13,22H,4,6,9,14-18H2,1-3H3,(H,27,30). The summed E-state index contributed by atoms with van der Waals surface area (Å²) in [5.41, 5.74) is 2.85. The highest BCUT2D eigenvalue weighted by Crippen LogP contribution is 2.22. The van der Waals surface area contributed by atoms with Gasteiger partial charge in [-0.15, -0.1) is 0 Å². The Morgan fingerprint density at radius 3 is 2.28 bits per heavy atom. The van der Waals surface area contributed by atoms with Gasteiger partial charge in [0.1, 0.15) is 11.5 Å². The maximum absolute atomic E-state index is 12.5. The van der Waals surface area contributed by atoms with E-state index in [0.717, 1.165) is 35.5 Å². The molecule has 1 N–H and O–H groups in total. The Kier molecular flexibility index (Phi) is 8.54. The van der Waals surface area contributed by atoms with E-state index in [4.69, 9.17) is 9.47 Å². The summed E-state index contributed by atoms with van der Waals surface area (Å²) < 4.78 is 11.3. The van der Waals surface area contributed by atoms with Crippen molar-refractivity contribution >= 4 is 11.8 Å². The summed E-state index contributed by atoms with van der Waals surface area (Å²) in [6, 6.07) is 13.3. The van der Waals surface area contributed by atoms with Gasteiger partial charge in [0.25, 0.3) is 5.91 Å². The molecule has 6 heteroatoms. The molecule has 32 heavy (non-hydrogen) atoms. The highest BCUT2D eigenvalue weighted by molar-refractivity contribution is 5.94. The van der Waals surface area contributed by atoms with E-state index in [-0.39, 0.29) is 17.9 Å². The Morgan fingerprint density at radius 1 is 1.00 bits per heavy atom. The maximum Gasteiger partial charge on any atom is 0.251 e. The van der Waals surface area contributed by atoms with Gasteiger partial charge in [-0.05, 0) is 75.4 Å². The molecular formula is C26H34N2O4. The minimum atomic E-state index is -0.0820. The predicted molar refractivity (Wildman–Crippen MR) is 125 cm³/mol. The lowest BCUT2D eigenvalue weighted by molar-refractivity contribution is -0.132. The van der Waals surface area contributed by atoms with Crippen LogP contribution in [0.25, 0.3) is 0 Å². The summed E-state index contributed by atoms with van der Waals surface area (Å²) >= 11 is 0. The van der Waals surface area contributed by atoms with Gasteiger partial charge in [0.15, 0.2) is 0 Å². The zero-order valence-corrected chi connectivity index (χ0v) is 19.4. The van der Waals surface area contributed by atoms with E-state index in [1.54, 1.807) is 12.1 Å². The normalized spacial score (nSPS) is 14.2. The number of ether oxygens (including phenoxy) is 2. The van der Waals surface area contributed by atoms with Crippen molar-refractivity contribution in [1.82, 2.24) is 10.2 Å². The van der Waals surface area contributed by atoms with E-state index < -0.39 is 0 Å². The van der Waals surface area contributed by atoms with Crippen molar-refractivity contribution in [3.05, 3.63) is 59.2 Å². The van der Waals surface area contributed by atoms with Crippen molar-refractivity contribution in [2.45, 2.75) is 52.5 Å². The minimum Gasteiger partial charge on any atom is -0.494 e. The van der Waals surface area contributed by atoms with Crippen LogP contribution in [0, 0.1) is 13.8 Å². The quantitative estimate of drug-likeness (QED) is 0.594. The second kappa shape index (κ2) is 11.6. The van der Waals surface area contributed by atoms with Gasteiger partial charge in [-0.3, -0.25) is 9.59 Å². The molecule has 0 spiro atoms. The topological polar surface area (TPSA) is 67.9 Å². The molecule has 2 aromatic rings. The third-order valence-electron chi connectivity index (χ3n) is 5.80. The predicted octanol–water partition coefficient (Wildman–Crippen LogP) is 4.28. The minimum absolute atomic E-state index is 0.0820. The number of benzene rings is 2. The number of carbonyl (C=O) groups excluding carboxylic acids is 2. The fraction of sp³-hybridized carbons (Fsp3) is 0.462. The summed E-state index contributed by atoms with van der Waals surface area (Å²) in [5, 5.41) is 3.09. The third kappa shape index (κ3) is 6.49. The molecule has 2 amide bonds. The second-order valence-electron chi connectivity index (χ2n) is 8.26. The van der Waals surface area contributed by atoms with E-state index in [1.807, 2.05) is 56.0 Å². The number of piperidine rings is 1. The number of amides is 2. The molecule has 6 nitrogen and oxygen atoms in total. The highest BCUT2D eigenvalue weighted by Gasteiger charge is 2.24. The number of carbonyl (C=O) groups is 2. The van der Waals surface area contributed by atoms with Crippen LogP contribution in [0.2, 0.25) is 0 Å². The SMILES string of the molecule is CCOc1ccc(C(=O)NC2CCN(C(=O)CCCOc3c(C)cccc3C)CC2)cc1. The van der Waals surface area contributed by atoms with Gasteiger partial charge >= 0.3 is 0 Å². The van der Waals surface area contributed by atoms with Crippen LogP contribution in [0.15, 0.2) is 42.5 Å². The molecule has 3 rings (SSSR count). The number of nitrogens with zero attached hydrogens (tertiary/aromatic N) is 1. The lowest BCUT2D eigenvalue weighted by Gasteiger charge is -2.32. The molecule has 1 aliphatic heterocycles. The Morgan fingerprint density at radius 2 is 1.66 bits per heavy atom. The first-order valence-electron chi connectivity index (χ1n) is 11.5. The largest absolute Gasteiger partial charge is 0.494 e.